The molecule has 0 N–H and O–H groups in total. The lowest BCUT2D eigenvalue weighted by Gasteiger charge is -2.25. The quantitative estimate of drug-likeness (QED) is 0.818. The molecular formula is C18H18N2O3. The Labute approximate surface area is 134 Å². The van der Waals surface area contributed by atoms with Gasteiger partial charge in [-0.2, -0.15) is 0 Å². The molecule has 2 aromatic rings. The summed E-state index contributed by atoms with van der Waals surface area (Å²) in [4.78, 5) is 30.4. The van der Waals surface area contributed by atoms with Crippen LogP contribution in [-0.2, 0) is 16.0 Å². The molecule has 0 spiro atoms. The van der Waals surface area contributed by atoms with Gasteiger partial charge in [-0.1, -0.05) is 18.2 Å². The van der Waals surface area contributed by atoms with Crippen molar-refractivity contribution >= 4 is 17.6 Å². The summed E-state index contributed by atoms with van der Waals surface area (Å²) in [5.74, 6) is -0.724. The number of amides is 1. The average Bonchev–Trinajstić information content (AvgIpc) is 2.90. The number of hydrogen-bond donors (Lipinski definition) is 0. The second kappa shape index (κ2) is 6.20. The van der Waals surface area contributed by atoms with Gasteiger partial charge in [-0.3, -0.25) is 9.78 Å². The zero-order chi connectivity index (χ0) is 16.4. The first kappa shape index (κ1) is 15.2. The highest BCUT2D eigenvalue weighted by molar-refractivity contribution is 6.00. The van der Waals surface area contributed by atoms with Crippen molar-refractivity contribution in [2.24, 2.45) is 0 Å². The molecule has 118 valence electrons. The molecule has 2 heterocycles. The smallest absolute Gasteiger partial charge is 0.339 e. The first-order valence-corrected chi connectivity index (χ1v) is 7.60. The molecule has 1 aromatic heterocycles. The van der Waals surface area contributed by atoms with Crippen LogP contribution >= 0.6 is 0 Å². The third-order valence-corrected chi connectivity index (χ3v) is 3.99. The van der Waals surface area contributed by atoms with Gasteiger partial charge in [-0.15, -0.1) is 0 Å². The maximum Gasteiger partial charge on any atom is 0.339 e. The molecular weight excluding hydrogens is 292 g/mol. The fourth-order valence-corrected chi connectivity index (χ4v) is 2.86. The van der Waals surface area contributed by atoms with Crippen molar-refractivity contribution in [1.82, 2.24) is 4.98 Å². The number of hydrogen-bond acceptors (Lipinski definition) is 4. The Morgan fingerprint density at radius 2 is 1.91 bits per heavy atom. The molecule has 23 heavy (non-hydrogen) atoms. The maximum absolute atomic E-state index is 12.7. The fraction of sp³-hybridized carbons (Fsp3) is 0.278. The van der Waals surface area contributed by atoms with E-state index >= 15 is 0 Å². The van der Waals surface area contributed by atoms with Crippen molar-refractivity contribution in [3.63, 3.8) is 0 Å². The molecule has 0 saturated carbocycles. The number of fused-ring (bicyclic) bond motifs is 1. The van der Waals surface area contributed by atoms with Crippen LogP contribution in [0.5, 0.6) is 0 Å². The van der Waals surface area contributed by atoms with Gasteiger partial charge in [0.15, 0.2) is 6.10 Å². The Morgan fingerprint density at radius 3 is 2.65 bits per heavy atom. The van der Waals surface area contributed by atoms with Gasteiger partial charge >= 0.3 is 5.97 Å². The number of ether oxygens (including phenoxy) is 1. The maximum atomic E-state index is 12.7. The first-order valence-electron chi connectivity index (χ1n) is 7.60. The lowest BCUT2D eigenvalue weighted by molar-refractivity contribution is -0.126. The molecule has 0 bridgehead atoms. The summed E-state index contributed by atoms with van der Waals surface area (Å²) in [6, 6.07) is 11.0. The average molecular weight is 310 g/mol. The van der Waals surface area contributed by atoms with Crippen LogP contribution in [-0.4, -0.2) is 29.0 Å². The molecule has 1 aliphatic rings. The zero-order valence-corrected chi connectivity index (χ0v) is 13.1. The van der Waals surface area contributed by atoms with Crippen LogP contribution in [0, 0.1) is 0 Å². The normalized spacial score (nSPS) is 17.5. The predicted octanol–water partition coefficient (Wildman–Crippen LogP) is 2.60. The standard InChI is InChI=1S/C18H18N2O3/c1-12-11-15-5-3-4-6-16(15)20(12)17(21)13(2)23-18(22)14-7-9-19-10-8-14/h3-10,12-13H,11H2,1-2H3/t12-,13-/m1/s1. The fourth-order valence-electron chi connectivity index (χ4n) is 2.86. The van der Waals surface area contributed by atoms with Gasteiger partial charge in [-0.05, 0) is 44.0 Å². The van der Waals surface area contributed by atoms with Crippen LogP contribution in [0.1, 0.15) is 29.8 Å². The van der Waals surface area contributed by atoms with Gasteiger partial charge in [0.2, 0.25) is 0 Å². The van der Waals surface area contributed by atoms with E-state index in [1.54, 1.807) is 24.0 Å². The zero-order valence-electron chi connectivity index (χ0n) is 13.1. The summed E-state index contributed by atoms with van der Waals surface area (Å²) in [6.07, 6.45) is 3.00. The molecule has 5 heteroatoms. The van der Waals surface area contributed by atoms with Crippen LogP contribution < -0.4 is 4.90 Å². The number of nitrogens with zero attached hydrogens (tertiary/aromatic N) is 2. The van der Waals surface area contributed by atoms with E-state index in [0.717, 1.165) is 17.7 Å². The first-order chi connectivity index (χ1) is 11.1. The number of anilines is 1. The van der Waals surface area contributed by atoms with E-state index in [0.29, 0.717) is 5.56 Å². The summed E-state index contributed by atoms with van der Waals surface area (Å²) < 4.78 is 5.32. The molecule has 0 radical (unpaired) electrons. The van der Waals surface area contributed by atoms with Gasteiger partial charge in [0.25, 0.3) is 5.91 Å². The van der Waals surface area contributed by atoms with E-state index in [1.165, 1.54) is 12.4 Å². The number of pyridine rings is 1. The van der Waals surface area contributed by atoms with Crippen molar-refractivity contribution in [1.29, 1.82) is 0 Å². The van der Waals surface area contributed by atoms with Gasteiger partial charge < -0.3 is 9.64 Å². The second-order valence-corrected chi connectivity index (χ2v) is 5.67. The van der Waals surface area contributed by atoms with E-state index < -0.39 is 12.1 Å². The third-order valence-electron chi connectivity index (χ3n) is 3.99. The lowest BCUT2D eigenvalue weighted by Crippen LogP contribution is -2.43. The van der Waals surface area contributed by atoms with E-state index in [-0.39, 0.29) is 11.9 Å². The van der Waals surface area contributed by atoms with Crippen molar-refractivity contribution < 1.29 is 14.3 Å². The number of rotatable bonds is 3. The topological polar surface area (TPSA) is 59.5 Å². The van der Waals surface area contributed by atoms with Crippen molar-refractivity contribution in [2.45, 2.75) is 32.4 Å². The highest BCUT2D eigenvalue weighted by atomic mass is 16.5. The Bertz CT molecular complexity index is 730. The summed E-state index contributed by atoms with van der Waals surface area (Å²) in [6.45, 7) is 3.60. The van der Waals surface area contributed by atoms with E-state index in [9.17, 15) is 9.59 Å². The number of para-hydroxylation sites is 1. The molecule has 1 aromatic carbocycles. The summed E-state index contributed by atoms with van der Waals surface area (Å²) in [7, 11) is 0. The van der Waals surface area contributed by atoms with E-state index in [2.05, 4.69) is 4.98 Å². The number of esters is 1. The predicted molar refractivity (Wildman–Crippen MR) is 86.2 cm³/mol. The monoisotopic (exact) mass is 310 g/mol. The van der Waals surface area contributed by atoms with Gasteiger partial charge in [0, 0.05) is 24.1 Å². The Kier molecular flexibility index (Phi) is 4.10. The molecule has 0 unspecified atom stereocenters. The van der Waals surface area contributed by atoms with Crippen molar-refractivity contribution in [2.75, 3.05) is 4.90 Å². The van der Waals surface area contributed by atoms with Crippen LogP contribution in [0.3, 0.4) is 0 Å². The number of carbonyl (C=O) groups is 2. The summed E-state index contributed by atoms with van der Waals surface area (Å²) in [5, 5.41) is 0. The van der Waals surface area contributed by atoms with Crippen molar-refractivity contribution in [3.8, 4) is 0 Å². The van der Waals surface area contributed by atoms with Crippen LogP contribution in [0.4, 0.5) is 5.69 Å². The second-order valence-electron chi connectivity index (χ2n) is 5.67. The minimum absolute atomic E-state index is 0.0574. The van der Waals surface area contributed by atoms with Gasteiger partial charge in [-0.25, -0.2) is 4.79 Å². The highest BCUT2D eigenvalue weighted by Gasteiger charge is 2.34. The SMILES string of the molecule is C[C@@H]1Cc2ccccc2N1C(=O)[C@@H](C)OC(=O)c1ccncc1. The molecule has 1 aliphatic heterocycles. The minimum Gasteiger partial charge on any atom is -0.449 e. The highest BCUT2D eigenvalue weighted by Crippen LogP contribution is 2.32. The van der Waals surface area contributed by atoms with E-state index in [4.69, 9.17) is 4.74 Å². The number of aromatic nitrogens is 1. The van der Waals surface area contributed by atoms with Gasteiger partial charge in [0.05, 0.1) is 5.56 Å². The lowest BCUT2D eigenvalue weighted by atomic mass is 10.1. The molecule has 3 rings (SSSR count). The summed E-state index contributed by atoms with van der Waals surface area (Å²) >= 11 is 0. The van der Waals surface area contributed by atoms with Gasteiger partial charge in [0.1, 0.15) is 0 Å². The Hall–Kier alpha value is -2.69. The minimum atomic E-state index is -0.843. The van der Waals surface area contributed by atoms with Crippen LogP contribution in [0.25, 0.3) is 0 Å². The molecule has 0 aliphatic carbocycles. The molecule has 1 amide bonds. The Morgan fingerprint density at radius 1 is 1.22 bits per heavy atom. The molecule has 5 nitrogen and oxygen atoms in total. The van der Waals surface area contributed by atoms with Crippen LogP contribution in [0.15, 0.2) is 48.8 Å². The molecule has 0 fully saturated rings. The van der Waals surface area contributed by atoms with Crippen molar-refractivity contribution in [3.05, 3.63) is 59.9 Å². The number of carbonyl (C=O) groups excluding carboxylic acids is 2. The third kappa shape index (κ3) is 2.95. The summed E-state index contributed by atoms with van der Waals surface area (Å²) in [5.41, 5.74) is 2.42. The molecule has 2 atom stereocenters. The largest absolute Gasteiger partial charge is 0.449 e. The Balaban J connectivity index is 1.74. The van der Waals surface area contributed by atoms with Crippen LogP contribution in [0.2, 0.25) is 0 Å². The molecule has 0 saturated heterocycles. The number of benzene rings is 1. The van der Waals surface area contributed by atoms with E-state index in [1.807, 2.05) is 31.2 Å².